The van der Waals surface area contributed by atoms with Crippen LogP contribution >= 0.6 is 15.9 Å². The molecule has 1 N–H and O–H groups in total. The maximum Gasteiger partial charge on any atom is 0.175 e. The number of halogens is 1. The number of rotatable bonds is 10. The third-order valence-corrected chi connectivity index (χ3v) is 4.25. The second kappa shape index (κ2) is 10.1. The van der Waals surface area contributed by atoms with Gasteiger partial charge < -0.3 is 14.8 Å². The summed E-state index contributed by atoms with van der Waals surface area (Å²) in [6.45, 7) is 9.18. The molecule has 0 unspecified atom stereocenters. The van der Waals surface area contributed by atoms with E-state index in [9.17, 15) is 0 Å². The van der Waals surface area contributed by atoms with Crippen LogP contribution in [0.15, 0.2) is 16.6 Å². The monoisotopic (exact) mass is 357 g/mol. The molecule has 0 atom stereocenters. The van der Waals surface area contributed by atoms with Gasteiger partial charge in [-0.1, -0.05) is 33.6 Å². The molecule has 3 nitrogen and oxygen atoms in total. The molecule has 1 aromatic rings. The maximum absolute atomic E-state index is 5.75. The minimum Gasteiger partial charge on any atom is -0.493 e. The number of nitrogens with one attached hydrogen (secondary N) is 1. The molecule has 4 heteroatoms. The Morgan fingerprint density at radius 1 is 1.19 bits per heavy atom. The molecule has 0 fully saturated rings. The second-order valence-corrected chi connectivity index (χ2v) is 6.13. The van der Waals surface area contributed by atoms with E-state index in [0.29, 0.717) is 6.61 Å². The lowest BCUT2D eigenvalue weighted by Gasteiger charge is -2.16. The Morgan fingerprint density at radius 2 is 1.90 bits per heavy atom. The van der Waals surface area contributed by atoms with Gasteiger partial charge in [0.2, 0.25) is 0 Å². The van der Waals surface area contributed by atoms with Crippen LogP contribution in [0.25, 0.3) is 0 Å². The second-order valence-electron chi connectivity index (χ2n) is 5.27. The predicted octanol–water partition coefficient (Wildman–Crippen LogP) is 4.77. The lowest BCUT2D eigenvalue weighted by atomic mass is 10.0. The molecule has 0 radical (unpaired) electrons. The van der Waals surface area contributed by atoms with Crippen LogP contribution in [0.2, 0.25) is 0 Å². The van der Waals surface area contributed by atoms with Crippen molar-refractivity contribution in [2.75, 3.05) is 20.3 Å². The molecule has 21 heavy (non-hydrogen) atoms. The average Bonchev–Trinajstić information content (AvgIpc) is 2.50. The summed E-state index contributed by atoms with van der Waals surface area (Å²) in [4.78, 5) is 0. The Balaban J connectivity index is 2.69. The number of benzene rings is 1. The molecule has 0 saturated heterocycles. The zero-order chi connectivity index (χ0) is 15.7. The molecule has 0 spiro atoms. The molecule has 1 rings (SSSR count). The molecule has 0 aliphatic rings. The first-order valence-electron chi connectivity index (χ1n) is 7.86. The van der Waals surface area contributed by atoms with Crippen molar-refractivity contribution in [1.29, 1.82) is 0 Å². The molecule has 0 saturated carbocycles. The molecule has 0 aliphatic heterocycles. The van der Waals surface area contributed by atoms with Gasteiger partial charge in [-0.05, 0) is 52.5 Å². The van der Waals surface area contributed by atoms with Gasteiger partial charge in [-0.25, -0.2) is 0 Å². The van der Waals surface area contributed by atoms with E-state index >= 15 is 0 Å². The van der Waals surface area contributed by atoms with E-state index in [2.05, 4.69) is 54.2 Å². The quantitative estimate of drug-likeness (QED) is 0.653. The molecule has 0 heterocycles. The Hall–Kier alpha value is -0.740. The fourth-order valence-electron chi connectivity index (χ4n) is 2.22. The van der Waals surface area contributed by atoms with Crippen molar-refractivity contribution in [2.45, 2.75) is 46.6 Å². The third-order valence-electron chi connectivity index (χ3n) is 3.66. The first-order chi connectivity index (χ1) is 10.2. The highest BCUT2D eigenvalue weighted by Crippen LogP contribution is 2.36. The Morgan fingerprint density at radius 3 is 2.48 bits per heavy atom. The van der Waals surface area contributed by atoms with Gasteiger partial charge in [0, 0.05) is 6.54 Å². The zero-order valence-electron chi connectivity index (χ0n) is 13.7. The van der Waals surface area contributed by atoms with Crippen molar-refractivity contribution < 1.29 is 9.47 Å². The molecule has 0 aliphatic carbocycles. The van der Waals surface area contributed by atoms with Gasteiger partial charge in [0.25, 0.3) is 0 Å². The number of hydrogen-bond acceptors (Lipinski definition) is 3. The summed E-state index contributed by atoms with van der Waals surface area (Å²) in [5.74, 6) is 2.34. The predicted molar refractivity (Wildman–Crippen MR) is 92.3 cm³/mol. The minimum absolute atomic E-state index is 0.696. The van der Waals surface area contributed by atoms with E-state index in [1.807, 2.05) is 0 Å². The van der Waals surface area contributed by atoms with E-state index in [1.54, 1.807) is 7.11 Å². The van der Waals surface area contributed by atoms with E-state index in [4.69, 9.17) is 9.47 Å². The van der Waals surface area contributed by atoms with Crippen molar-refractivity contribution in [1.82, 2.24) is 5.32 Å². The summed E-state index contributed by atoms with van der Waals surface area (Å²) in [6.07, 6.45) is 3.43. The fraction of sp³-hybridized carbons (Fsp3) is 0.647. The van der Waals surface area contributed by atoms with E-state index in [1.165, 1.54) is 18.4 Å². The summed E-state index contributed by atoms with van der Waals surface area (Å²) in [5.41, 5.74) is 1.20. The topological polar surface area (TPSA) is 30.5 Å². The Kier molecular flexibility index (Phi) is 8.77. The van der Waals surface area contributed by atoms with Crippen molar-refractivity contribution in [2.24, 2.45) is 5.92 Å². The van der Waals surface area contributed by atoms with Crippen LogP contribution in [0.4, 0.5) is 0 Å². The standard InChI is InChI=1S/C17H28BrNO2/c1-5-8-21-17-15(18)9-14(10-16(17)20-4)12-19-11-13(6-2)7-3/h9-10,13,19H,5-8,11-12H2,1-4H3. The summed E-state index contributed by atoms with van der Waals surface area (Å²) in [7, 11) is 1.68. The van der Waals surface area contributed by atoms with Crippen molar-refractivity contribution >= 4 is 15.9 Å². The molecule has 0 amide bonds. The SMILES string of the molecule is CCCOc1c(Br)cc(CNCC(CC)CC)cc1OC. The Labute approximate surface area is 137 Å². The zero-order valence-corrected chi connectivity index (χ0v) is 15.3. The summed E-state index contributed by atoms with van der Waals surface area (Å²) >= 11 is 3.58. The van der Waals surface area contributed by atoms with Gasteiger partial charge in [0.05, 0.1) is 18.2 Å². The minimum atomic E-state index is 0.696. The van der Waals surface area contributed by atoms with Crippen LogP contribution in [-0.4, -0.2) is 20.3 Å². The van der Waals surface area contributed by atoms with Crippen molar-refractivity contribution in [3.8, 4) is 11.5 Å². The summed E-state index contributed by atoms with van der Waals surface area (Å²) < 4.78 is 12.2. The van der Waals surface area contributed by atoms with Crippen LogP contribution in [0.3, 0.4) is 0 Å². The van der Waals surface area contributed by atoms with Crippen molar-refractivity contribution in [3.63, 3.8) is 0 Å². The highest BCUT2D eigenvalue weighted by atomic mass is 79.9. The summed E-state index contributed by atoms with van der Waals surface area (Å²) in [6, 6.07) is 4.16. The van der Waals surface area contributed by atoms with Gasteiger partial charge in [0.15, 0.2) is 11.5 Å². The number of ether oxygens (including phenoxy) is 2. The van der Waals surface area contributed by atoms with Gasteiger partial charge in [-0.15, -0.1) is 0 Å². The van der Waals surface area contributed by atoms with Crippen LogP contribution in [0.5, 0.6) is 11.5 Å². The third kappa shape index (κ3) is 5.87. The maximum atomic E-state index is 5.75. The lowest BCUT2D eigenvalue weighted by molar-refractivity contribution is 0.292. The van der Waals surface area contributed by atoms with Gasteiger partial charge in [0.1, 0.15) is 0 Å². The first-order valence-corrected chi connectivity index (χ1v) is 8.65. The van der Waals surface area contributed by atoms with Crippen LogP contribution in [0, 0.1) is 5.92 Å². The average molecular weight is 358 g/mol. The van der Waals surface area contributed by atoms with E-state index < -0.39 is 0 Å². The molecule has 0 aromatic heterocycles. The molecule has 0 bridgehead atoms. The molecular weight excluding hydrogens is 330 g/mol. The Bertz CT molecular complexity index is 419. The van der Waals surface area contributed by atoms with Gasteiger partial charge >= 0.3 is 0 Å². The molecule has 120 valence electrons. The van der Waals surface area contributed by atoms with Crippen LogP contribution in [-0.2, 0) is 6.54 Å². The van der Waals surface area contributed by atoms with Crippen LogP contribution < -0.4 is 14.8 Å². The highest BCUT2D eigenvalue weighted by molar-refractivity contribution is 9.10. The lowest BCUT2D eigenvalue weighted by Crippen LogP contribution is -2.21. The van der Waals surface area contributed by atoms with E-state index in [0.717, 1.165) is 41.4 Å². The van der Waals surface area contributed by atoms with E-state index in [-0.39, 0.29) is 0 Å². The number of hydrogen-bond donors (Lipinski definition) is 1. The fourth-order valence-corrected chi connectivity index (χ4v) is 2.82. The summed E-state index contributed by atoms with van der Waals surface area (Å²) in [5, 5.41) is 3.53. The molecule has 1 aromatic carbocycles. The first kappa shape index (κ1) is 18.3. The normalized spacial score (nSPS) is 11.0. The number of methoxy groups -OCH3 is 1. The van der Waals surface area contributed by atoms with Crippen molar-refractivity contribution in [3.05, 3.63) is 22.2 Å². The smallest absolute Gasteiger partial charge is 0.175 e. The largest absolute Gasteiger partial charge is 0.493 e. The van der Waals surface area contributed by atoms with Gasteiger partial charge in [-0.2, -0.15) is 0 Å². The van der Waals surface area contributed by atoms with Crippen LogP contribution in [0.1, 0.15) is 45.6 Å². The molecular formula is C17H28BrNO2. The van der Waals surface area contributed by atoms with Gasteiger partial charge in [-0.3, -0.25) is 0 Å². The highest BCUT2D eigenvalue weighted by Gasteiger charge is 2.11.